The van der Waals surface area contributed by atoms with Crippen molar-refractivity contribution in [2.75, 3.05) is 0 Å². The third kappa shape index (κ3) is 4.14. The zero-order chi connectivity index (χ0) is 22.2. The lowest BCUT2D eigenvalue weighted by Crippen LogP contribution is -2.51. The van der Waals surface area contributed by atoms with E-state index >= 15 is 0 Å². The Morgan fingerprint density at radius 3 is 2.55 bits per heavy atom. The molecule has 0 spiro atoms. The molecule has 5 nitrogen and oxygen atoms in total. The summed E-state index contributed by atoms with van der Waals surface area (Å²) < 4.78 is 28.5. The number of benzene rings is 2. The Kier molecular flexibility index (Phi) is 5.45. The molecule has 1 unspecified atom stereocenters. The molecule has 1 amide bonds. The molecule has 1 aromatic heterocycles. The minimum Gasteiger partial charge on any atom is -0.320 e. The van der Waals surface area contributed by atoms with Gasteiger partial charge in [0.2, 0.25) is 5.91 Å². The van der Waals surface area contributed by atoms with E-state index in [-0.39, 0.29) is 17.5 Å². The van der Waals surface area contributed by atoms with Crippen molar-refractivity contribution in [1.82, 2.24) is 14.5 Å². The molecule has 31 heavy (non-hydrogen) atoms. The molecule has 0 radical (unpaired) electrons. The number of nitrogens with two attached hydrogens (primary N) is 1. The highest BCUT2D eigenvalue weighted by molar-refractivity contribution is 5.84. The number of rotatable bonds is 5. The van der Waals surface area contributed by atoms with E-state index < -0.39 is 11.6 Å². The molecule has 0 aliphatic carbocycles. The lowest BCUT2D eigenvalue weighted by Gasteiger charge is -2.39. The van der Waals surface area contributed by atoms with Gasteiger partial charge in [0.1, 0.15) is 23.0 Å². The molecule has 7 heteroatoms. The SMILES string of the molecule is CC1(C)c2nc(-c3ccc(F)cc3)cn2C=CN1C(=O)C(N)CCc1cccc(F)c1. The minimum absolute atomic E-state index is 0.227. The Bertz CT molecular complexity index is 1130. The van der Waals surface area contributed by atoms with E-state index in [1.807, 2.05) is 30.7 Å². The van der Waals surface area contributed by atoms with Crippen LogP contribution in [0.25, 0.3) is 17.5 Å². The molecule has 0 saturated heterocycles. The van der Waals surface area contributed by atoms with Crippen molar-refractivity contribution in [2.24, 2.45) is 5.73 Å². The van der Waals surface area contributed by atoms with Crippen molar-refractivity contribution in [2.45, 2.75) is 38.3 Å². The molecule has 2 aromatic carbocycles. The topological polar surface area (TPSA) is 64.2 Å². The maximum absolute atomic E-state index is 13.4. The highest BCUT2D eigenvalue weighted by Gasteiger charge is 2.39. The van der Waals surface area contributed by atoms with Gasteiger partial charge in [0.25, 0.3) is 0 Å². The van der Waals surface area contributed by atoms with Crippen LogP contribution in [0.2, 0.25) is 0 Å². The second-order valence-corrected chi connectivity index (χ2v) is 8.20. The molecule has 1 aliphatic rings. The number of fused-ring (bicyclic) bond motifs is 1. The van der Waals surface area contributed by atoms with E-state index in [9.17, 15) is 13.6 Å². The fourth-order valence-corrected chi connectivity index (χ4v) is 3.82. The van der Waals surface area contributed by atoms with Gasteiger partial charge in [0, 0.05) is 24.2 Å². The van der Waals surface area contributed by atoms with Crippen LogP contribution in [0.3, 0.4) is 0 Å². The van der Waals surface area contributed by atoms with Gasteiger partial charge in [-0.2, -0.15) is 0 Å². The molecule has 0 fully saturated rings. The first-order valence-corrected chi connectivity index (χ1v) is 10.1. The highest BCUT2D eigenvalue weighted by Crippen LogP contribution is 2.34. The van der Waals surface area contributed by atoms with E-state index in [1.54, 1.807) is 35.5 Å². The van der Waals surface area contributed by atoms with Crippen LogP contribution in [-0.2, 0) is 16.8 Å². The number of nitrogens with zero attached hydrogens (tertiary/aromatic N) is 3. The molecule has 2 N–H and O–H groups in total. The lowest BCUT2D eigenvalue weighted by molar-refractivity contribution is -0.135. The number of imidazole rings is 1. The number of hydrogen-bond donors (Lipinski definition) is 1. The van der Waals surface area contributed by atoms with Crippen LogP contribution in [-0.4, -0.2) is 26.4 Å². The number of hydrogen-bond acceptors (Lipinski definition) is 3. The highest BCUT2D eigenvalue weighted by atomic mass is 19.1. The monoisotopic (exact) mass is 422 g/mol. The van der Waals surface area contributed by atoms with E-state index in [1.165, 1.54) is 24.3 Å². The quantitative estimate of drug-likeness (QED) is 0.667. The standard InChI is InChI=1S/C24H24F2N4O/c1-24(2)23-28-21(17-7-9-18(25)10-8-17)15-29(23)12-13-30(24)22(31)20(27)11-6-16-4-3-5-19(26)14-16/h3-5,7-10,12-15,20H,6,11,27H2,1-2H3. The zero-order valence-electron chi connectivity index (χ0n) is 17.4. The van der Waals surface area contributed by atoms with Crippen molar-refractivity contribution in [3.8, 4) is 11.3 Å². The first kappa shape index (κ1) is 20.9. The van der Waals surface area contributed by atoms with E-state index in [0.717, 1.165) is 11.1 Å². The van der Waals surface area contributed by atoms with Crippen LogP contribution in [0.4, 0.5) is 8.78 Å². The largest absolute Gasteiger partial charge is 0.320 e. The molecular formula is C24H24F2N4O. The van der Waals surface area contributed by atoms with Crippen molar-refractivity contribution in [1.29, 1.82) is 0 Å². The summed E-state index contributed by atoms with van der Waals surface area (Å²) in [6.45, 7) is 3.81. The summed E-state index contributed by atoms with van der Waals surface area (Å²) in [4.78, 5) is 19.4. The van der Waals surface area contributed by atoms with Crippen molar-refractivity contribution in [3.63, 3.8) is 0 Å². The molecule has 1 atom stereocenters. The summed E-state index contributed by atoms with van der Waals surface area (Å²) in [6.07, 6.45) is 6.22. The summed E-state index contributed by atoms with van der Waals surface area (Å²) in [6, 6.07) is 11.7. The van der Waals surface area contributed by atoms with Crippen LogP contribution in [0.5, 0.6) is 0 Å². The Morgan fingerprint density at radius 2 is 1.84 bits per heavy atom. The summed E-state index contributed by atoms with van der Waals surface area (Å²) in [5.74, 6) is -0.159. The molecule has 4 rings (SSSR count). The Labute approximate surface area is 179 Å². The van der Waals surface area contributed by atoms with Gasteiger partial charge in [-0.3, -0.25) is 4.79 Å². The smallest absolute Gasteiger partial charge is 0.244 e. The number of amides is 1. The second kappa shape index (κ2) is 8.07. The van der Waals surface area contributed by atoms with Gasteiger partial charge in [-0.15, -0.1) is 0 Å². The maximum atomic E-state index is 13.4. The average Bonchev–Trinajstić information content (AvgIpc) is 3.18. The number of aryl methyl sites for hydroxylation is 1. The normalized spacial score (nSPS) is 15.6. The van der Waals surface area contributed by atoms with Crippen LogP contribution < -0.4 is 5.73 Å². The average molecular weight is 422 g/mol. The van der Waals surface area contributed by atoms with Crippen LogP contribution >= 0.6 is 0 Å². The summed E-state index contributed by atoms with van der Waals surface area (Å²) in [7, 11) is 0. The molecule has 0 saturated carbocycles. The van der Waals surface area contributed by atoms with Gasteiger partial charge in [-0.25, -0.2) is 13.8 Å². The molecule has 3 aromatic rings. The number of carbonyl (C=O) groups is 1. The lowest BCUT2D eigenvalue weighted by atomic mass is 9.97. The van der Waals surface area contributed by atoms with Gasteiger partial charge in [-0.05, 0) is 68.7 Å². The van der Waals surface area contributed by atoms with Crippen LogP contribution in [0.15, 0.2) is 60.9 Å². The predicted molar refractivity (Wildman–Crippen MR) is 116 cm³/mol. The Hall–Kier alpha value is -3.32. The second-order valence-electron chi connectivity index (χ2n) is 8.20. The summed E-state index contributed by atoms with van der Waals surface area (Å²) in [5.41, 5.74) is 7.75. The summed E-state index contributed by atoms with van der Waals surface area (Å²) >= 11 is 0. The van der Waals surface area contributed by atoms with Gasteiger partial charge in [-0.1, -0.05) is 12.1 Å². The van der Waals surface area contributed by atoms with Gasteiger partial charge in [0.15, 0.2) is 0 Å². The molecule has 160 valence electrons. The fourth-order valence-electron chi connectivity index (χ4n) is 3.82. The zero-order valence-corrected chi connectivity index (χ0v) is 17.4. The van der Waals surface area contributed by atoms with Crippen LogP contribution in [0, 0.1) is 11.6 Å². The molecule has 0 bridgehead atoms. The van der Waals surface area contributed by atoms with Gasteiger partial charge < -0.3 is 15.2 Å². The van der Waals surface area contributed by atoms with Gasteiger partial charge >= 0.3 is 0 Å². The first-order valence-electron chi connectivity index (χ1n) is 10.1. The van der Waals surface area contributed by atoms with E-state index in [4.69, 9.17) is 10.7 Å². The van der Waals surface area contributed by atoms with Crippen molar-refractivity contribution >= 4 is 12.1 Å². The number of halogens is 2. The molecule has 1 aliphatic heterocycles. The predicted octanol–water partition coefficient (Wildman–Crippen LogP) is 4.29. The van der Waals surface area contributed by atoms with Crippen molar-refractivity contribution in [3.05, 3.63) is 84.0 Å². The number of carbonyl (C=O) groups excluding carboxylic acids is 1. The molecule has 2 heterocycles. The fraction of sp³-hybridized carbons (Fsp3) is 0.250. The third-order valence-electron chi connectivity index (χ3n) is 5.59. The van der Waals surface area contributed by atoms with E-state index in [0.29, 0.717) is 24.4 Å². The first-order chi connectivity index (χ1) is 14.8. The Morgan fingerprint density at radius 1 is 1.10 bits per heavy atom. The Balaban J connectivity index is 1.51. The maximum Gasteiger partial charge on any atom is 0.244 e. The third-order valence-corrected chi connectivity index (χ3v) is 5.59. The van der Waals surface area contributed by atoms with Crippen LogP contribution in [0.1, 0.15) is 31.7 Å². The van der Waals surface area contributed by atoms with Crippen molar-refractivity contribution < 1.29 is 13.6 Å². The molecular weight excluding hydrogens is 398 g/mol. The van der Waals surface area contributed by atoms with Gasteiger partial charge in [0.05, 0.1) is 11.7 Å². The summed E-state index contributed by atoms with van der Waals surface area (Å²) in [5, 5.41) is 0. The van der Waals surface area contributed by atoms with E-state index in [2.05, 4.69) is 0 Å². The minimum atomic E-state index is -0.736. The number of aromatic nitrogens is 2.